The molecule has 0 unspecified atom stereocenters. The van der Waals surface area contributed by atoms with Crippen molar-refractivity contribution in [3.63, 3.8) is 0 Å². The predicted molar refractivity (Wildman–Crippen MR) is 132 cm³/mol. The molecule has 162 valence electrons. The number of allylic oxidation sites excluding steroid dienone is 5. The van der Waals surface area contributed by atoms with Crippen LogP contribution >= 0.6 is 0 Å². The number of likely N-dealkylation sites (N-methyl/N-ethyl adjacent to an activating group) is 1. The number of piperazine rings is 1. The molecule has 4 aromatic rings. The van der Waals surface area contributed by atoms with Crippen LogP contribution in [-0.4, -0.2) is 63.3 Å². The molecular formula is C25H27N7. The molecule has 32 heavy (non-hydrogen) atoms. The molecule has 7 heteroatoms. The SMILES string of the molecule is C=C/C=C\C(=C/C)c1ccc2[nH]nc(-c3cc4c(N5CCN(C)CC5)nccc4[nH]3)c2n1. The third-order valence-corrected chi connectivity index (χ3v) is 6.01. The average Bonchev–Trinajstić information content (AvgIpc) is 3.43. The smallest absolute Gasteiger partial charge is 0.138 e. The van der Waals surface area contributed by atoms with Crippen LogP contribution in [0.25, 0.3) is 38.9 Å². The van der Waals surface area contributed by atoms with Crippen molar-refractivity contribution in [2.75, 3.05) is 38.1 Å². The Hall–Kier alpha value is -3.71. The average molecular weight is 426 g/mol. The zero-order valence-electron chi connectivity index (χ0n) is 18.5. The second kappa shape index (κ2) is 8.43. The van der Waals surface area contributed by atoms with Gasteiger partial charge in [-0.25, -0.2) is 9.97 Å². The highest BCUT2D eigenvalue weighted by Gasteiger charge is 2.20. The van der Waals surface area contributed by atoms with Crippen LogP contribution < -0.4 is 4.90 Å². The zero-order chi connectivity index (χ0) is 22.1. The molecule has 1 aliphatic rings. The fourth-order valence-electron chi connectivity index (χ4n) is 4.19. The van der Waals surface area contributed by atoms with Crippen LogP contribution in [0.15, 0.2) is 61.3 Å². The molecule has 1 fully saturated rings. The minimum atomic E-state index is 0.811. The van der Waals surface area contributed by atoms with Gasteiger partial charge in [0.15, 0.2) is 0 Å². The first kappa shape index (κ1) is 20.2. The first-order chi connectivity index (χ1) is 15.7. The Kier molecular flexibility index (Phi) is 5.33. The Morgan fingerprint density at radius 2 is 1.97 bits per heavy atom. The van der Waals surface area contributed by atoms with Crippen LogP contribution in [0.3, 0.4) is 0 Å². The van der Waals surface area contributed by atoms with Gasteiger partial charge in [0.2, 0.25) is 0 Å². The number of aromatic amines is 2. The second-order valence-electron chi connectivity index (χ2n) is 8.07. The van der Waals surface area contributed by atoms with Gasteiger partial charge >= 0.3 is 0 Å². The molecule has 0 aliphatic carbocycles. The van der Waals surface area contributed by atoms with Crippen molar-refractivity contribution in [2.24, 2.45) is 0 Å². The number of rotatable bonds is 5. The van der Waals surface area contributed by atoms with Gasteiger partial charge in [-0.15, -0.1) is 0 Å². The van der Waals surface area contributed by atoms with Gasteiger partial charge in [-0.05, 0) is 43.8 Å². The molecule has 1 saturated heterocycles. The van der Waals surface area contributed by atoms with Gasteiger partial charge in [0, 0.05) is 37.8 Å². The molecule has 2 N–H and O–H groups in total. The lowest BCUT2D eigenvalue weighted by Crippen LogP contribution is -2.44. The van der Waals surface area contributed by atoms with Gasteiger partial charge in [-0.1, -0.05) is 30.9 Å². The molecule has 5 heterocycles. The van der Waals surface area contributed by atoms with E-state index in [9.17, 15) is 0 Å². The van der Waals surface area contributed by atoms with Crippen LogP contribution in [0.5, 0.6) is 0 Å². The first-order valence-electron chi connectivity index (χ1n) is 10.9. The van der Waals surface area contributed by atoms with E-state index < -0.39 is 0 Å². The van der Waals surface area contributed by atoms with Gasteiger partial charge in [-0.2, -0.15) is 5.10 Å². The van der Waals surface area contributed by atoms with Crippen molar-refractivity contribution in [3.8, 4) is 11.4 Å². The van der Waals surface area contributed by atoms with E-state index in [-0.39, 0.29) is 0 Å². The molecule has 0 spiro atoms. The zero-order valence-corrected chi connectivity index (χ0v) is 18.5. The summed E-state index contributed by atoms with van der Waals surface area (Å²) in [5.41, 5.74) is 6.49. The molecule has 0 atom stereocenters. The van der Waals surface area contributed by atoms with E-state index in [2.05, 4.69) is 44.7 Å². The molecule has 0 radical (unpaired) electrons. The second-order valence-corrected chi connectivity index (χ2v) is 8.07. The van der Waals surface area contributed by atoms with Crippen molar-refractivity contribution < 1.29 is 0 Å². The summed E-state index contributed by atoms with van der Waals surface area (Å²) >= 11 is 0. The molecule has 5 rings (SSSR count). The van der Waals surface area contributed by atoms with Crippen molar-refractivity contribution in [1.82, 2.24) is 30.0 Å². The van der Waals surface area contributed by atoms with E-state index >= 15 is 0 Å². The standard InChI is InChI=1S/C25H27N7/c1-4-6-7-17(5-2)19-8-9-21-23(28-19)24(30-29-21)22-16-18-20(27-22)10-11-26-25(18)32-14-12-31(3)13-15-32/h4-11,16,27H,1,12-15H2,2-3H3,(H,29,30)/b7-6-,17-5+. The van der Waals surface area contributed by atoms with Crippen molar-refractivity contribution in [2.45, 2.75) is 6.92 Å². The van der Waals surface area contributed by atoms with E-state index in [4.69, 9.17) is 9.97 Å². The Balaban J connectivity index is 1.57. The monoisotopic (exact) mass is 425 g/mol. The lowest BCUT2D eigenvalue weighted by molar-refractivity contribution is 0.312. The van der Waals surface area contributed by atoms with Crippen molar-refractivity contribution >= 4 is 33.3 Å². The van der Waals surface area contributed by atoms with E-state index in [1.165, 1.54) is 0 Å². The summed E-state index contributed by atoms with van der Waals surface area (Å²) in [6.07, 6.45) is 9.62. The molecule has 0 saturated carbocycles. The number of hydrogen-bond donors (Lipinski definition) is 2. The molecule has 0 aromatic carbocycles. The fourth-order valence-corrected chi connectivity index (χ4v) is 4.19. The quantitative estimate of drug-likeness (QED) is 0.464. The lowest BCUT2D eigenvalue weighted by atomic mass is 10.1. The van der Waals surface area contributed by atoms with Gasteiger partial charge < -0.3 is 14.8 Å². The highest BCUT2D eigenvalue weighted by molar-refractivity contribution is 5.98. The summed E-state index contributed by atoms with van der Waals surface area (Å²) in [7, 11) is 2.16. The van der Waals surface area contributed by atoms with Crippen LogP contribution in [-0.2, 0) is 0 Å². The molecule has 1 aliphatic heterocycles. The molecular weight excluding hydrogens is 398 g/mol. The summed E-state index contributed by atoms with van der Waals surface area (Å²) in [4.78, 5) is 17.9. The maximum Gasteiger partial charge on any atom is 0.138 e. The van der Waals surface area contributed by atoms with E-state index in [1.54, 1.807) is 6.08 Å². The summed E-state index contributed by atoms with van der Waals surface area (Å²) in [6, 6.07) is 8.20. The molecule has 0 amide bonds. The maximum absolute atomic E-state index is 4.93. The van der Waals surface area contributed by atoms with Gasteiger partial charge in [0.05, 0.1) is 22.4 Å². The van der Waals surface area contributed by atoms with Crippen molar-refractivity contribution in [1.29, 1.82) is 0 Å². The van der Waals surface area contributed by atoms with Crippen LogP contribution in [0.2, 0.25) is 0 Å². The summed E-state index contributed by atoms with van der Waals surface area (Å²) < 4.78 is 0. The Morgan fingerprint density at radius 1 is 1.12 bits per heavy atom. The van der Waals surface area contributed by atoms with E-state index in [0.29, 0.717) is 0 Å². The largest absolute Gasteiger partial charge is 0.353 e. The predicted octanol–water partition coefficient (Wildman–Crippen LogP) is 4.40. The molecule has 4 aromatic heterocycles. The minimum Gasteiger partial charge on any atom is -0.353 e. The van der Waals surface area contributed by atoms with Crippen LogP contribution in [0.1, 0.15) is 12.6 Å². The van der Waals surface area contributed by atoms with E-state index in [0.717, 1.165) is 76.6 Å². The summed E-state index contributed by atoms with van der Waals surface area (Å²) in [5.74, 6) is 1.03. The fraction of sp³-hybridized carbons (Fsp3) is 0.240. The summed E-state index contributed by atoms with van der Waals surface area (Å²) in [5, 5.41) is 8.83. The molecule has 0 bridgehead atoms. The maximum atomic E-state index is 4.93. The Labute approximate surface area is 187 Å². The van der Waals surface area contributed by atoms with Crippen LogP contribution in [0, 0.1) is 0 Å². The highest BCUT2D eigenvalue weighted by atomic mass is 15.3. The highest BCUT2D eigenvalue weighted by Crippen LogP contribution is 2.32. The number of anilines is 1. The Morgan fingerprint density at radius 3 is 2.75 bits per heavy atom. The van der Waals surface area contributed by atoms with Gasteiger partial charge in [-0.3, -0.25) is 5.10 Å². The van der Waals surface area contributed by atoms with Gasteiger partial charge in [0.25, 0.3) is 0 Å². The number of nitrogens with zero attached hydrogens (tertiary/aromatic N) is 5. The first-order valence-corrected chi connectivity index (χ1v) is 10.9. The third-order valence-electron chi connectivity index (χ3n) is 6.01. The van der Waals surface area contributed by atoms with E-state index in [1.807, 2.05) is 49.5 Å². The van der Waals surface area contributed by atoms with Gasteiger partial charge in [0.1, 0.15) is 17.0 Å². The number of hydrogen-bond acceptors (Lipinski definition) is 5. The number of fused-ring (bicyclic) bond motifs is 2. The molecule has 7 nitrogen and oxygen atoms in total. The topological polar surface area (TPSA) is 76.7 Å². The number of nitrogens with one attached hydrogen (secondary N) is 2. The number of pyridine rings is 2. The lowest BCUT2D eigenvalue weighted by Gasteiger charge is -2.33. The normalized spacial score (nSPS) is 15.9. The summed E-state index contributed by atoms with van der Waals surface area (Å²) in [6.45, 7) is 9.80. The minimum absolute atomic E-state index is 0.811. The third kappa shape index (κ3) is 3.61. The van der Waals surface area contributed by atoms with Crippen molar-refractivity contribution in [3.05, 3.63) is 67.0 Å². The number of aromatic nitrogens is 5. The number of H-pyrrole nitrogens is 2. The van der Waals surface area contributed by atoms with Crippen LogP contribution in [0.4, 0.5) is 5.82 Å². The Bertz CT molecular complexity index is 1330.